The van der Waals surface area contributed by atoms with E-state index in [1.54, 1.807) is 12.1 Å². The van der Waals surface area contributed by atoms with Crippen molar-refractivity contribution in [3.8, 4) is 0 Å². The van der Waals surface area contributed by atoms with Gasteiger partial charge in [0.05, 0.1) is 4.92 Å². The zero-order valence-corrected chi connectivity index (χ0v) is 11.0. The minimum absolute atomic E-state index is 0.117. The second-order valence-electron chi connectivity index (χ2n) is 4.27. The van der Waals surface area contributed by atoms with Gasteiger partial charge in [0, 0.05) is 12.6 Å². The Morgan fingerprint density at radius 2 is 2.14 bits per heavy atom. The van der Waals surface area contributed by atoms with E-state index in [9.17, 15) is 14.5 Å². The molecule has 0 radical (unpaired) electrons. The van der Waals surface area contributed by atoms with Crippen LogP contribution in [0.3, 0.4) is 0 Å². The van der Waals surface area contributed by atoms with E-state index in [2.05, 4.69) is 15.7 Å². The zero-order valence-electron chi connectivity index (χ0n) is 11.0. The average molecular weight is 291 g/mol. The highest BCUT2D eigenvalue weighted by Gasteiger charge is 2.15. The standard InChI is InChI=1S/C13H14FN5O2/c14-10-3-1-2-9(8-10)6-7-16-13-11(19(20)21)4-5-12(17-13)18-15/h1-5,8H,6-7,15H2,(H2,16,17,18). The van der Waals surface area contributed by atoms with Crippen LogP contribution in [0.2, 0.25) is 0 Å². The number of hydrogen-bond donors (Lipinski definition) is 3. The molecule has 0 saturated carbocycles. The van der Waals surface area contributed by atoms with E-state index in [4.69, 9.17) is 5.84 Å². The summed E-state index contributed by atoms with van der Waals surface area (Å²) in [5.41, 5.74) is 2.97. The van der Waals surface area contributed by atoms with Crippen molar-refractivity contribution in [1.29, 1.82) is 0 Å². The van der Waals surface area contributed by atoms with E-state index < -0.39 is 4.92 Å². The van der Waals surface area contributed by atoms with E-state index in [0.717, 1.165) is 5.56 Å². The Kier molecular flexibility index (Phi) is 4.62. The number of hydrogen-bond acceptors (Lipinski definition) is 6. The lowest BCUT2D eigenvalue weighted by molar-refractivity contribution is -0.384. The van der Waals surface area contributed by atoms with E-state index >= 15 is 0 Å². The summed E-state index contributed by atoms with van der Waals surface area (Å²) in [6.45, 7) is 0.380. The number of rotatable bonds is 6. The van der Waals surface area contributed by atoms with Gasteiger partial charge in [0.25, 0.3) is 0 Å². The SMILES string of the molecule is NNc1ccc([N+](=O)[O-])c(NCCc2cccc(F)c2)n1. The van der Waals surface area contributed by atoms with Crippen molar-refractivity contribution in [1.82, 2.24) is 4.98 Å². The van der Waals surface area contributed by atoms with Gasteiger partial charge >= 0.3 is 5.69 Å². The van der Waals surface area contributed by atoms with Gasteiger partial charge in [-0.15, -0.1) is 0 Å². The molecule has 0 atom stereocenters. The molecule has 8 heteroatoms. The molecule has 0 unspecified atom stereocenters. The fourth-order valence-corrected chi connectivity index (χ4v) is 1.83. The van der Waals surface area contributed by atoms with Crippen molar-refractivity contribution in [3.05, 3.63) is 57.9 Å². The number of nitro groups is 1. The number of halogens is 1. The van der Waals surface area contributed by atoms with Crippen LogP contribution in [0.5, 0.6) is 0 Å². The summed E-state index contributed by atoms with van der Waals surface area (Å²) in [4.78, 5) is 14.4. The van der Waals surface area contributed by atoms with Gasteiger partial charge in [0.1, 0.15) is 11.6 Å². The molecular formula is C13H14FN5O2. The van der Waals surface area contributed by atoms with Gasteiger partial charge < -0.3 is 10.7 Å². The predicted molar refractivity (Wildman–Crippen MR) is 77.3 cm³/mol. The van der Waals surface area contributed by atoms with Gasteiger partial charge in [-0.2, -0.15) is 0 Å². The van der Waals surface area contributed by atoms with Crippen LogP contribution in [0, 0.1) is 15.9 Å². The summed E-state index contributed by atoms with van der Waals surface area (Å²) in [5.74, 6) is 5.35. The van der Waals surface area contributed by atoms with Crippen LogP contribution in [0.1, 0.15) is 5.56 Å². The first-order valence-electron chi connectivity index (χ1n) is 6.20. The van der Waals surface area contributed by atoms with Crippen molar-refractivity contribution in [3.63, 3.8) is 0 Å². The molecule has 0 aliphatic rings. The maximum atomic E-state index is 13.0. The molecule has 2 rings (SSSR count). The number of anilines is 2. The minimum Gasteiger partial charge on any atom is -0.364 e. The third-order valence-corrected chi connectivity index (χ3v) is 2.81. The van der Waals surface area contributed by atoms with Crippen LogP contribution in [0.25, 0.3) is 0 Å². The Balaban J connectivity index is 2.06. The van der Waals surface area contributed by atoms with Crippen LogP contribution in [-0.4, -0.2) is 16.5 Å². The van der Waals surface area contributed by atoms with Crippen molar-refractivity contribution in [2.75, 3.05) is 17.3 Å². The lowest BCUT2D eigenvalue weighted by Crippen LogP contribution is -2.12. The van der Waals surface area contributed by atoms with Gasteiger partial charge in [-0.3, -0.25) is 10.1 Å². The highest BCUT2D eigenvalue weighted by atomic mass is 19.1. The molecule has 0 aliphatic carbocycles. The highest BCUT2D eigenvalue weighted by Crippen LogP contribution is 2.23. The Labute approximate surface area is 120 Å². The van der Waals surface area contributed by atoms with E-state index in [-0.39, 0.29) is 17.3 Å². The topological polar surface area (TPSA) is 106 Å². The summed E-state index contributed by atoms with van der Waals surface area (Å²) < 4.78 is 13.0. The maximum absolute atomic E-state index is 13.0. The smallest absolute Gasteiger partial charge is 0.311 e. The fraction of sp³-hybridized carbons (Fsp3) is 0.154. The average Bonchev–Trinajstić information content (AvgIpc) is 2.47. The number of nitrogens with two attached hydrogens (primary N) is 1. The van der Waals surface area contributed by atoms with Crippen LogP contribution in [-0.2, 0) is 6.42 Å². The number of aromatic nitrogens is 1. The summed E-state index contributed by atoms with van der Waals surface area (Å²) in [6.07, 6.45) is 0.511. The molecule has 0 fully saturated rings. The van der Waals surface area contributed by atoms with E-state index in [1.807, 2.05) is 0 Å². The molecule has 7 nitrogen and oxygen atoms in total. The summed E-state index contributed by atoms with van der Waals surface area (Å²) in [5, 5.41) is 13.8. The first kappa shape index (κ1) is 14.7. The quantitative estimate of drug-likeness (QED) is 0.427. The molecule has 1 heterocycles. The molecule has 0 aliphatic heterocycles. The van der Waals surface area contributed by atoms with Crippen molar-refractivity contribution in [2.45, 2.75) is 6.42 Å². The van der Waals surface area contributed by atoms with Crippen molar-refractivity contribution in [2.24, 2.45) is 5.84 Å². The minimum atomic E-state index is -0.530. The molecule has 1 aromatic heterocycles. The largest absolute Gasteiger partial charge is 0.364 e. The van der Waals surface area contributed by atoms with Crippen LogP contribution in [0.15, 0.2) is 36.4 Å². The van der Waals surface area contributed by atoms with Crippen LogP contribution in [0.4, 0.5) is 21.7 Å². The van der Waals surface area contributed by atoms with Crippen molar-refractivity contribution >= 4 is 17.3 Å². The highest BCUT2D eigenvalue weighted by molar-refractivity contribution is 5.60. The molecular weight excluding hydrogens is 277 g/mol. The van der Waals surface area contributed by atoms with Gasteiger partial charge in [-0.25, -0.2) is 15.2 Å². The zero-order chi connectivity index (χ0) is 15.2. The van der Waals surface area contributed by atoms with Crippen molar-refractivity contribution < 1.29 is 9.31 Å². The summed E-state index contributed by atoms with van der Waals surface area (Å²) in [6, 6.07) is 8.90. The van der Waals surface area contributed by atoms with Gasteiger partial charge in [0.2, 0.25) is 5.82 Å². The molecule has 0 spiro atoms. The molecule has 0 amide bonds. The van der Waals surface area contributed by atoms with E-state index in [0.29, 0.717) is 18.8 Å². The molecule has 2 aromatic rings. The predicted octanol–water partition coefficient (Wildman–Crippen LogP) is 2.07. The maximum Gasteiger partial charge on any atom is 0.311 e. The van der Waals surface area contributed by atoms with E-state index in [1.165, 1.54) is 24.3 Å². The fourth-order valence-electron chi connectivity index (χ4n) is 1.83. The van der Waals surface area contributed by atoms with Crippen LogP contribution < -0.4 is 16.6 Å². The summed E-state index contributed by atoms with van der Waals surface area (Å²) >= 11 is 0. The number of benzene rings is 1. The Morgan fingerprint density at radius 3 is 2.81 bits per heavy atom. The third-order valence-electron chi connectivity index (χ3n) is 2.81. The Morgan fingerprint density at radius 1 is 1.33 bits per heavy atom. The number of nitrogens with zero attached hydrogens (tertiary/aromatic N) is 2. The Bertz CT molecular complexity index is 650. The first-order chi connectivity index (χ1) is 10.1. The van der Waals surface area contributed by atoms with Gasteiger partial charge in [-0.05, 0) is 30.2 Å². The lowest BCUT2D eigenvalue weighted by Gasteiger charge is -2.08. The monoisotopic (exact) mass is 291 g/mol. The summed E-state index contributed by atoms with van der Waals surface area (Å²) in [7, 11) is 0. The Hall–Kier alpha value is -2.74. The second kappa shape index (κ2) is 6.62. The normalized spacial score (nSPS) is 10.2. The molecule has 0 bridgehead atoms. The van der Waals surface area contributed by atoms with Crippen LogP contribution >= 0.6 is 0 Å². The number of nitrogens with one attached hydrogen (secondary N) is 2. The second-order valence-corrected chi connectivity index (χ2v) is 4.27. The molecule has 0 saturated heterocycles. The lowest BCUT2D eigenvalue weighted by atomic mass is 10.1. The first-order valence-corrected chi connectivity index (χ1v) is 6.20. The molecule has 21 heavy (non-hydrogen) atoms. The number of pyridine rings is 1. The molecule has 110 valence electrons. The molecule has 4 N–H and O–H groups in total. The molecule has 1 aromatic carbocycles. The number of hydrazine groups is 1. The van der Waals surface area contributed by atoms with Gasteiger partial charge in [0.15, 0.2) is 0 Å². The third kappa shape index (κ3) is 3.86. The number of nitrogen functional groups attached to an aromatic ring is 1. The van der Waals surface area contributed by atoms with Gasteiger partial charge in [-0.1, -0.05) is 12.1 Å².